The van der Waals surface area contributed by atoms with Crippen molar-refractivity contribution in [2.45, 2.75) is 58.4 Å². The first kappa shape index (κ1) is 15.8. The summed E-state index contributed by atoms with van der Waals surface area (Å²) in [5.74, 6) is 1.30. The van der Waals surface area contributed by atoms with Crippen LogP contribution >= 0.6 is 0 Å². The Morgan fingerprint density at radius 3 is 2.87 bits per heavy atom. The molecule has 0 N–H and O–H groups in total. The van der Waals surface area contributed by atoms with Crippen molar-refractivity contribution >= 4 is 5.91 Å². The fourth-order valence-corrected chi connectivity index (χ4v) is 2.97. The summed E-state index contributed by atoms with van der Waals surface area (Å²) in [6.45, 7) is 6.85. The van der Waals surface area contributed by atoms with Crippen molar-refractivity contribution in [2.75, 3.05) is 6.54 Å². The van der Waals surface area contributed by atoms with Crippen LogP contribution in [0.5, 0.6) is 0 Å². The standard InChI is InChI=1S/C17H23N3O3/c1-4-6-12-9-14(19-22-12)15-7-5-8-20(15)17(21)16-10-13(11(2)3)18-23-16/h9-11,15H,4-8H2,1-3H3/t15-/m0/s1. The molecule has 3 rings (SSSR count). The maximum Gasteiger partial charge on any atom is 0.293 e. The van der Waals surface area contributed by atoms with Crippen LogP contribution < -0.4 is 0 Å². The largest absolute Gasteiger partial charge is 0.361 e. The van der Waals surface area contributed by atoms with E-state index >= 15 is 0 Å². The molecule has 6 heteroatoms. The number of carbonyl (C=O) groups excluding carboxylic acids is 1. The molecule has 0 aliphatic carbocycles. The lowest BCUT2D eigenvalue weighted by molar-refractivity contribution is 0.0688. The number of rotatable bonds is 5. The van der Waals surface area contributed by atoms with Crippen LogP contribution in [0.1, 0.15) is 79.7 Å². The van der Waals surface area contributed by atoms with E-state index in [-0.39, 0.29) is 17.9 Å². The molecule has 1 aliphatic rings. The van der Waals surface area contributed by atoms with Crippen LogP contribution in [0.25, 0.3) is 0 Å². The summed E-state index contributed by atoms with van der Waals surface area (Å²) in [6, 6.07) is 3.68. The smallest absolute Gasteiger partial charge is 0.293 e. The number of amides is 1. The molecule has 1 atom stereocenters. The highest BCUT2D eigenvalue weighted by Gasteiger charge is 2.34. The van der Waals surface area contributed by atoms with Gasteiger partial charge in [-0.05, 0) is 25.2 Å². The molecule has 1 saturated heterocycles. The second-order valence-corrected chi connectivity index (χ2v) is 6.40. The summed E-state index contributed by atoms with van der Waals surface area (Å²) in [7, 11) is 0. The molecule has 0 unspecified atom stereocenters. The third-order valence-corrected chi connectivity index (χ3v) is 4.26. The predicted molar refractivity (Wildman–Crippen MR) is 84.1 cm³/mol. The van der Waals surface area contributed by atoms with Gasteiger partial charge in [-0.1, -0.05) is 31.1 Å². The number of aromatic nitrogens is 2. The van der Waals surface area contributed by atoms with E-state index in [1.54, 1.807) is 6.07 Å². The highest BCUT2D eigenvalue weighted by atomic mass is 16.5. The number of aryl methyl sites for hydroxylation is 1. The van der Waals surface area contributed by atoms with Crippen LogP contribution in [0.4, 0.5) is 0 Å². The summed E-state index contributed by atoms with van der Waals surface area (Å²) in [6.07, 6.45) is 3.73. The molecular formula is C17H23N3O3. The maximum absolute atomic E-state index is 12.7. The molecule has 6 nitrogen and oxygen atoms in total. The van der Waals surface area contributed by atoms with Crippen LogP contribution in [-0.2, 0) is 6.42 Å². The van der Waals surface area contributed by atoms with E-state index < -0.39 is 0 Å². The Bertz CT molecular complexity index is 674. The van der Waals surface area contributed by atoms with Gasteiger partial charge in [-0.3, -0.25) is 4.79 Å². The fraction of sp³-hybridized carbons (Fsp3) is 0.588. The topological polar surface area (TPSA) is 72.4 Å². The van der Waals surface area contributed by atoms with E-state index in [1.807, 2.05) is 24.8 Å². The molecule has 0 radical (unpaired) electrons. The zero-order valence-corrected chi connectivity index (χ0v) is 13.9. The number of likely N-dealkylation sites (tertiary alicyclic amines) is 1. The number of hydrogen-bond acceptors (Lipinski definition) is 5. The highest BCUT2D eigenvalue weighted by Crippen LogP contribution is 2.33. The van der Waals surface area contributed by atoms with Gasteiger partial charge >= 0.3 is 0 Å². The van der Waals surface area contributed by atoms with E-state index in [9.17, 15) is 4.79 Å². The Labute approximate surface area is 135 Å². The highest BCUT2D eigenvalue weighted by molar-refractivity contribution is 5.92. The zero-order valence-electron chi connectivity index (χ0n) is 13.9. The molecule has 0 bridgehead atoms. The van der Waals surface area contributed by atoms with E-state index in [0.717, 1.165) is 42.8 Å². The average molecular weight is 317 g/mol. The number of carbonyl (C=O) groups is 1. The van der Waals surface area contributed by atoms with E-state index in [1.165, 1.54) is 0 Å². The number of nitrogens with zero attached hydrogens (tertiary/aromatic N) is 3. The van der Waals surface area contributed by atoms with E-state index in [2.05, 4.69) is 17.2 Å². The SMILES string of the molecule is CCCc1cc([C@@H]2CCCN2C(=O)c2cc(C(C)C)no2)no1. The van der Waals surface area contributed by atoms with Crippen LogP contribution in [0, 0.1) is 0 Å². The second-order valence-electron chi connectivity index (χ2n) is 6.40. The molecular weight excluding hydrogens is 294 g/mol. The molecule has 0 saturated carbocycles. The van der Waals surface area contributed by atoms with Crippen molar-refractivity contribution in [2.24, 2.45) is 0 Å². The van der Waals surface area contributed by atoms with Crippen molar-refractivity contribution in [3.63, 3.8) is 0 Å². The van der Waals surface area contributed by atoms with E-state index in [0.29, 0.717) is 12.3 Å². The van der Waals surface area contributed by atoms with Crippen LogP contribution in [0.15, 0.2) is 21.2 Å². The molecule has 2 aromatic heterocycles. The minimum atomic E-state index is -0.119. The summed E-state index contributed by atoms with van der Waals surface area (Å²) < 4.78 is 10.6. The van der Waals surface area contributed by atoms with Gasteiger partial charge in [0.05, 0.1) is 11.7 Å². The molecule has 23 heavy (non-hydrogen) atoms. The minimum Gasteiger partial charge on any atom is -0.361 e. The first-order valence-electron chi connectivity index (χ1n) is 8.33. The van der Waals surface area contributed by atoms with Gasteiger partial charge in [-0.15, -0.1) is 0 Å². The maximum atomic E-state index is 12.7. The van der Waals surface area contributed by atoms with Crippen LogP contribution in [0.2, 0.25) is 0 Å². The minimum absolute atomic E-state index is 0.0375. The average Bonchev–Trinajstić information content (AvgIpc) is 3.26. The molecule has 3 heterocycles. The Morgan fingerprint density at radius 2 is 2.17 bits per heavy atom. The van der Waals surface area contributed by atoms with Crippen molar-refractivity contribution in [1.29, 1.82) is 0 Å². The van der Waals surface area contributed by atoms with Crippen molar-refractivity contribution in [1.82, 2.24) is 15.2 Å². The summed E-state index contributed by atoms with van der Waals surface area (Å²) in [4.78, 5) is 14.6. The first-order valence-corrected chi connectivity index (χ1v) is 8.33. The fourth-order valence-electron chi connectivity index (χ4n) is 2.97. The molecule has 1 fully saturated rings. The van der Waals surface area contributed by atoms with Gasteiger partial charge in [-0.2, -0.15) is 0 Å². The third kappa shape index (κ3) is 3.16. The lowest BCUT2D eigenvalue weighted by Gasteiger charge is -2.21. The van der Waals surface area contributed by atoms with Gasteiger partial charge < -0.3 is 13.9 Å². The first-order chi connectivity index (χ1) is 11.1. The van der Waals surface area contributed by atoms with Gasteiger partial charge in [0.1, 0.15) is 11.5 Å². The van der Waals surface area contributed by atoms with Crippen LogP contribution in [0.3, 0.4) is 0 Å². The monoisotopic (exact) mass is 317 g/mol. The zero-order chi connectivity index (χ0) is 16.4. The molecule has 0 spiro atoms. The Hall–Kier alpha value is -2.11. The lowest BCUT2D eigenvalue weighted by Crippen LogP contribution is -2.30. The predicted octanol–water partition coefficient (Wildman–Crippen LogP) is 3.72. The van der Waals surface area contributed by atoms with Crippen LogP contribution in [-0.4, -0.2) is 27.7 Å². The van der Waals surface area contributed by atoms with Gasteiger partial charge in [-0.25, -0.2) is 0 Å². The number of hydrogen-bond donors (Lipinski definition) is 0. The second kappa shape index (κ2) is 6.56. The molecule has 124 valence electrons. The Morgan fingerprint density at radius 1 is 1.35 bits per heavy atom. The molecule has 1 aliphatic heterocycles. The Kier molecular flexibility index (Phi) is 4.50. The summed E-state index contributed by atoms with van der Waals surface area (Å²) >= 11 is 0. The van der Waals surface area contributed by atoms with Gasteiger partial charge in [0.25, 0.3) is 5.91 Å². The van der Waals surface area contributed by atoms with Crippen molar-refractivity contribution in [3.05, 3.63) is 35.0 Å². The summed E-state index contributed by atoms with van der Waals surface area (Å²) in [5.41, 5.74) is 1.64. The van der Waals surface area contributed by atoms with Gasteiger partial charge in [0, 0.05) is 25.1 Å². The molecule has 2 aromatic rings. The van der Waals surface area contributed by atoms with Crippen molar-refractivity contribution in [3.8, 4) is 0 Å². The van der Waals surface area contributed by atoms with Crippen molar-refractivity contribution < 1.29 is 13.8 Å². The molecule has 0 aromatic carbocycles. The normalized spacial score (nSPS) is 18.1. The quantitative estimate of drug-likeness (QED) is 0.840. The van der Waals surface area contributed by atoms with E-state index in [4.69, 9.17) is 9.05 Å². The third-order valence-electron chi connectivity index (χ3n) is 4.26. The van der Waals surface area contributed by atoms with Gasteiger partial charge in [0.15, 0.2) is 0 Å². The molecule has 1 amide bonds. The lowest BCUT2D eigenvalue weighted by atomic mass is 10.1. The summed E-state index contributed by atoms with van der Waals surface area (Å²) in [5, 5.41) is 8.14. The Balaban J connectivity index is 1.78. The van der Waals surface area contributed by atoms with Gasteiger partial charge in [0.2, 0.25) is 5.76 Å².